The van der Waals surface area contributed by atoms with E-state index in [-0.39, 0.29) is 35.5 Å². The summed E-state index contributed by atoms with van der Waals surface area (Å²) < 4.78 is 23.0. The Balaban J connectivity index is 1.88. The zero-order valence-corrected chi connectivity index (χ0v) is 16.7. The van der Waals surface area contributed by atoms with Crippen molar-refractivity contribution in [3.8, 4) is 0 Å². The van der Waals surface area contributed by atoms with Crippen LogP contribution in [0.1, 0.15) is 54.2 Å². The molecule has 0 heterocycles. The maximum absolute atomic E-state index is 12.2. The molecule has 1 amide bonds. The summed E-state index contributed by atoms with van der Waals surface area (Å²) in [7, 11) is -3.24. The number of benzene rings is 2. The molecule has 1 atom stereocenters. The number of ketones is 1. The van der Waals surface area contributed by atoms with Gasteiger partial charge in [-0.3, -0.25) is 9.59 Å². The molecule has 0 aliphatic heterocycles. The minimum atomic E-state index is -3.24. The van der Waals surface area contributed by atoms with Crippen molar-refractivity contribution in [1.29, 1.82) is 0 Å². The summed E-state index contributed by atoms with van der Waals surface area (Å²) in [5.41, 5.74) is 2.58. The number of rotatable bonds is 8. The number of amides is 1. The molecular formula is C21H25NO4S. The lowest BCUT2D eigenvalue weighted by atomic mass is 10.0. The van der Waals surface area contributed by atoms with Gasteiger partial charge in [0, 0.05) is 24.7 Å². The van der Waals surface area contributed by atoms with Gasteiger partial charge in [0.25, 0.3) is 0 Å². The maximum atomic E-state index is 12.2. The fraction of sp³-hybridized carbons (Fsp3) is 0.333. The summed E-state index contributed by atoms with van der Waals surface area (Å²) in [4.78, 5) is 24.6. The number of hydrogen-bond acceptors (Lipinski definition) is 4. The Morgan fingerprint density at radius 1 is 0.963 bits per heavy atom. The predicted molar refractivity (Wildman–Crippen MR) is 105 cm³/mol. The van der Waals surface area contributed by atoms with E-state index in [1.165, 1.54) is 17.7 Å². The summed E-state index contributed by atoms with van der Waals surface area (Å²) in [6.07, 6.45) is 2.33. The molecule has 1 unspecified atom stereocenters. The number of aryl methyl sites for hydroxylation is 1. The van der Waals surface area contributed by atoms with Gasteiger partial charge < -0.3 is 5.32 Å². The lowest BCUT2D eigenvalue weighted by molar-refractivity contribution is -0.121. The number of nitrogens with one attached hydrogen (secondary N) is 1. The highest BCUT2D eigenvalue weighted by Gasteiger charge is 2.14. The third-order valence-electron chi connectivity index (χ3n) is 4.45. The van der Waals surface area contributed by atoms with Gasteiger partial charge in [-0.2, -0.15) is 0 Å². The Morgan fingerprint density at radius 3 is 2.07 bits per heavy atom. The van der Waals surface area contributed by atoms with Crippen LogP contribution in [0.4, 0.5) is 0 Å². The van der Waals surface area contributed by atoms with Crippen LogP contribution in [0, 0.1) is 0 Å². The van der Waals surface area contributed by atoms with Crippen LogP contribution in [-0.4, -0.2) is 26.4 Å². The average Bonchev–Trinajstić information content (AvgIpc) is 2.65. The van der Waals surface area contributed by atoms with E-state index >= 15 is 0 Å². The van der Waals surface area contributed by atoms with E-state index in [1.807, 2.05) is 19.1 Å². The Hall–Kier alpha value is -2.47. The van der Waals surface area contributed by atoms with Crippen LogP contribution in [0.15, 0.2) is 53.4 Å². The van der Waals surface area contributed by atoms with Gasteiger partial charge in [-0.05, 0) is 36.6 Å². The summed E-state index contributed by atoms with van der Waals surface area (Å²) >= 11 is 0. The van der Waals surface area contributed by atoms with Crippen LogP contribution in [0.3, 0.4) is 0 Å². The molecule has 0 aliphatic carbocycles. The first kappa shape index (κ1) is 20.8. The van der Waals surface area contributed by atoms with Crippen LogP contribution in [0.2, 0.25) is 0 Å². The zero-order chi connectivity index (χ0) is 20.0. The Kier molecular flexibility index (Phi) is 6.91. The lowest BCUT2D eigenvalue weighted by Crippen LogP contribution is -2.27. The summed E-state index contributed by atoms with van der Waals surface area (Å²) in [5.74, 6) is -0.272. The topological polar surface area (TPSA) is 80.3 Å². The van der Waals surface area contributed by atoms with Crippen LogP contribution in [-0.2, 0) is 21.1 Å². The van der Waals surface area contributed by atoms with Crippen molar-refractivity contribution in [2.45, 2.75) is 44.0 Å². The van der Waals surface area contributed by atoms with E-state index in [2.05, 4.69) is 12.2 Å². The third kappa shape index (κ3) is 6.03. The Morgan fingerprint density at radius 2 is 1.56 bits per heavy atom. The molecule has 0 fully saturated rings. The van der Waals surface area contributed by atoms with E-state index in [1.54, 1.807) is 24.3 Å². The van der Waals surface area contributed by atoms with E-state index in [9.17, 15) is 18.0 Å². The Bertz CT molecular complexity index is 900. The minimum Gasteiger partial charge on any atom is -0.350 e. The summed E-state index contributed by atoms with van der Waals surface area (Å²) in [6, 6.07) is 13.6. The smallest absolute Gasteiger partial charge is 0.220 e. The van der Waals surface area contributed by atoms with E-state index < -0.39 is 9.84 Å². The first-order valence-corrected chi connectivity index (χ1v) is 10.8. The van der Waals surface area contributed by atoms with Crippen molar-refractivity contribution in [3.05, 3.63) is 65.2 Å². The predicted octanol–water partition coefficient (Wildman–Crippen LogP) is 3.49. The van der Waals surface area contributed by atoms with Gasteiger partial charge in [-0.1, -0.05) is 43.3 Å². The Labute approximate surface area is 160 Å². The highest BCUT2D eigenvalue weighted by atomic mass is 32.2. The number of hydrogen-bond donors (Lipinski definition) is 1. The van der Waals surface area contributed by atoms with Crippen LogP contribution >= 0.6 is 0 Å². The molecule has 0 radical (unpaired) electrons. The molecule has 0 saturated carbocycles. The van der Waals surface area contributed by atoms with Gasteiger partial charge in [-0.15, -0.1) is 0 Å². The standard InChI is InChI=1S/C21H25NO4S/c1-4-16-5-7-18(8-6-16)20(23)13-14-21(24)22-15(2)17-9-11-19(12-10-17)27(3,25)26/h5-12,15H,4,13-14H2,1-3H3,(H,22,24). The second-order valence-corrected chi connectivity index (χ2v) is 8.62. The zero-order valence-electron chi connectivity index (χ0n) is 15.9. The quantitative estimate of drug-likeness (QED) is 0.703. The van der Waals surface area contributed by atoms with Gasteiger partial charge in [-0.25, -0.2) is 8.42 Å². The van der Waals surface area contributed by atoms with Gasteiger partial charge in [0.1, 0.15) is 0 Å². The van der Waals surface area contributed by atoms with E-state index in [4.69, 9.17) is 0 Å². The molecule has 0 aromatic heterocycles. The van der Waals surface area contributed by atoms with Crippen LogP contribution < -0.4 is 5.32 Å². The minimum absolute atomic E-state index is 0.0574. The molecule has 0 aliphatic rings. The van der Waals surface area contributed by atoms with Crippen LogP contribution in [0.25, 0.3) is 0 Å². The normalized spacial score (nSPS) is 12.4. The van der Waals surface area contributed by atoms with Gasteiger partial charge >= 0.3 is 0 Å². The van der Waals surface area contributed by atoms with Crippen molar-refractivity contribution in [1.82, 2.24) is 5.32 Å². The van der Waals surface area contributed by atoms with E-state index in [0.717, 1.165) is 18.2 Å². The fourth-order valence-corrected chi connectivity index (χ4v) is 3.33. The van der Waals surface area contributed by atoms with Crippen molar-refractivity contribution < 1.29 is 18.0 Å². The largest absolute Gasteiger partial charge is 0.350 e. The van der Waals surface area contributed by atoms with E-state index in [0.29, 0.717) is 5.56 Å². The highest BCUT2D eigenvalue weighted by Crippen LogP contribution is 2.17. The second-order valence-electron chi connectivity index (χ2n) is 6.60. The van der Waals surface area contributed by atoms with Gasteiger partial charge in [0.2, 0.25) is 5.91 Å². The molecule has 0 saturated heterocycles. The monoisotopic (exact) mass is 387 g/mol. The van der Waals surface area contributed by atoms with Gasteiger partial charge in [0.05, 0.1) is 10.9 Å². The SMILES string of the molecule is CCc1ccc(C(=O)CCC(=O)NC(C)c2ccc(S(C)(=O)=O)cc2)cc1. The molecule has 0 bridgehead atoms. The molecule has 5 nitrogen and oxygen atoms in total. The fourth-order valence-electron chi connectivity index (χ4n) is 2.70. The highest BCUT2D eigenvalue weighted by molar-refractivity contribution is 7.90. The first-order valence-electron chi connectivity index (χ1n) is 8.92. The molecule has 1 N–H and O–H groups in total. The van der Waals surface area contributed by atoms with Crippen LogP contribution in [0.5, 0.6) is 0 Å². The lowest BCUT2D eigenvalue weighted by Gasteiger charge is -2.14. The molecule has 144 valence electrons. The number of Topliss-reactive ketones (excluding diaryl/α,β-unsaturated/α-hetero) is 1. The first-order chi connectivity index (χ1) is 12.7. The average molecular weight is 388 g/mol. The van der Waals surface area contributed by atoms with Crippen molar-refractivity contribution in [2.24, 2.45) is 0 Å². The summed E-state index contributed by atoms with van der Waals surface area (Å²) in [5, 5.41) is 2.84. The number of carbonyl (C=O) groups excluding carboxylic acids is 2. The van der Waals surface area contributed by atoms with Crippen molar-refractivity contribution >= 4 is 21.5 Å². The maximum Gasteiger partial charge on any atom is 0.220 e. The third-order valence-corrected chi connectivity index (χ3v) is 5.58. The summed E-state index contributed by atoms with van der Waals surface area (Å²) in [6.45, 7) is 3.87. The number of sulfone groups is 1. The molecular weight excluding hydrogens is 362 g/mol. The molecule has 0 spiro atoms. The molecule has 6 heteroatoms. The van der Waals surface area contributed by atoms with Crippen molar-refractivity contribution in [3.63, 3.8) is 0 Å². The van der Waals surface area contributed by atoms with Crippen molar-refractivity contribution in [2.75, 3.05) is 6.26 Å². The molecule has 2 rings (SSSR count). The molecule has 2 aromatic carbocycles. The molecule has 2 aromatic rings. The van der Waals surface area contributed by atoms with Gasteiger partial charge in [0.15, 0.2) is 15.6 Å². The molecule has 27 heavy (non-hydrogen) atoms. The second kappa shape index (κ2) is 8.95. The number of carbonyl (C=O) groups is 2.